The van der Waals surface area contributed by atoms with Gasteiger partial charge in [0.1, 0.15) is 6.54 Å². The van der Waals surface area contributed by atoms with Crippen molar-refractivity contribution >= 4 is 46.7 Å². The van der Waals surface area contributed by atoms with E-state index in [2.05, 4.69) is 0 Å². The van der Waals surface area contributed by atoms with Crippen molar-refractivity contribution in [3.8, 4) is 0 Å². The molecule has 1 aliphatic rings. The smallest absolute Gasteiger partial charge is 0.274 e. The van der Waals surface area contributed by atoms with E-state index in [4.69, 9.17) is 23.2 Å². The Balaban J connectivity index is 2.31. The number of carbonyl (C=O) groups is 3. The molecular weight excluding hydrogens is 339 g/mol. The number of amides is 4. The van der Waals surface area contributed by atoms with Crippen molar-refractivity contribution in [1.29, 1.82) is 0 Å². The fourth-order valence-electron chi connectivity index (χ4n) is 2.73. The van der Waals surface area contributed by atoms with E-state index in [1.54, 1.807) is 0 Å². The van der Waals surface area contributed by atoms with Crippen LogP contribution in [0.5, 0.6) is 0 Å². The molecule has 0 radical (unpaired) electrons. The molecule has 0 saturated carbocycles. The predicted octanol–water partition coefficient (Wildman–Crippen LogP) is 3.97. The van der Waals surface area contributed by atoms with E-state index in [-0.39, 0.29) is 30.0 Å². The summed E-state index contributed by atoms with van der Waals surface area (Å²) in [5.74, 6) is -1.00. The predicted molar refractivity (Wildman–Crippen MR) is 89.7 cm³/mol. The molecule has 1 aromatic carbocycles. The Labute approximate surface area is 145 Å². The molecule has 7 heteroatoms. The highest BCUT2D eigenvalue weighted by Crippen LogP contribution is 2.30. The van der Waals surface area contributed by atoms with Gasteiger partial charge in [-0.25, -0.2) is 9.69 Å². The van der Waals surface area contributed by atoms with Gasteiger partial charge in [-0.05, 0) is 30.5 Å². The number of carbonyl (C=O) groups excluding carboxylic acids is 3. The molecule has 5 nitrogen and oxygen atoms in total. The van der Waals surface area contributed by atoms with Gasteiger partial charge in [0.2, 0.25) is 5.91 Å². The first-order valence-corrected chi connectivity index (χ1v) is 8.16. The van der Waals surface area contributed by atoms with Crippen LogP contribution in [0.4, 0.5) is 10.5 Å². The van der Waals surface area contributed by atoms with Crippen molar-refractivity contribution in [2.45, 2.75) is 27.2 Å². The number of rotatable bonds is 4. The van der Waals surface area contributed by atoms with Crippen LogP contribution in [0.1, 0.15) is 27.2 Å². The molecule has 0 spiro atoms. The van der Waals surface area contributed by atoms with Gasteiger partial charge in [-0.2, -0.15) is 0 Å². The zero-order valence-corrected chi connectivity index (χ0v) is 14.7. The first kappa shape index (κ1) is 17.8. The quantitative estimate of drug-likeness (QED) is 0.766. The van der Waals surface area contributed by atoms with Crippen LogP contribution in [0, 0.1) is 11.8 Å². The lowest BCUT2D eigenvalue weighted by Gasteiger charge is -2.23. The van der Waals surface area contributed by atoms with Gasteiger partial charge < -0.3 is 0 Å². The van der Waals surface area contributed by atoms with Crippen molar-refractivity contribution < 1.29 is 14.4 Å². The summed E-state index contributed by atoms with van der Waals surface area (Å²) in [7, 11) is 0. The van der Waals surface area contributed by atoms with Gasteiger partial charge in [-0.15, -0.1) is 0 Å². The van der Waals surface area contributed by atoms with Crippen LogP contribution in [0.25, 0.3) is 0 Å². The molecule has 1 heterocycles. The van der Waals surface area contributed by atoms with Crippen LogP contribution in [0.3, 0.4) is 0 Å². The SMILES string of the molecule is CCC(C(=O)N1CC(=O)N(c2cc(Cl)cc(Cl)c2)C1=O)C(C)C. The number of urea groups is 1. The molecule has 1 fully saturated rings. The highest BCUT2D eigenvalue weighted by Gasteiger charge is 2.43. The maximum atomic E-state index is 12.6. The average molecular weight is 357 g/mol. The van der Waals surface area contributed by atoms with Crippen molar-refractivity contribution in [1.82, 2.24) is 4.90 Å². The van der Waals surface area contributed by atoms with E-state index in [9.17, 15) is 14.4 Å². The monoisotopic (exact) mass is 356 g/mol. The minimum Gasteiger partial charge on any atom is -0.274 e. The van der Waals surface area contributed by atoms with Crippen molar-refractivity contribution in [2.24, 2.45) is 11.8 Å². The van der Waals surface area contributed by atoms with Gasteiger partial charge in [0.25, 0.3) is 5.91 Å². The summed E-state index contributed by atoms with van der Waals surface area (Å²) in [6, 6.07) is 3.79. The Hall–Kier alpha value is -1.59. The molecule has 1 aromatic rings. The van der Waals surface area contributed by atoms with Gasteiger partial charge in [0.15, 0.2) is 0 Å². The van der Waals surface area contributed by atoms with Crippen LogP contribution in [0.15, 0.2) is 18.2 Å². The Kier molecular flexibility index (Phi) is 5.32. The fraction of sp³-hybridized carbons (Fsp3) is 0.438. The topological polar surface area (TPSA) is 57.7 Å². The number of hydrogen-bond donors (Lipinski definition) is 0. The number of nitrogens with zero attached hydrogens (tertiary/aromatic N) is 2. The molecule has 23 heavy (non-hydrogen) atoms. The maximum absolute atomic E-state index is 12.6. The minimum atomic E-state index is -0.655. The second-order valence-electron chi connectivity index (χ2n) is 5.82. The maximum Gasteiger partial charge on any atom is 0.338 e. The largest absolute Gasteiger partial charge is 0.338 e. The Morgan fingerprint density at radius 1 is 1.17 bits per heavy atom. The van der Waals surface area contributed by atoms with Crippen LogP contribution in [0.2, 0.25) is 10.0 Å². The van der Waals surface area contributed by atoms with Gasteiger partial charge in [0.05, 0.1) is 5.69 Å². The first-order chi connectivity index (χ1) is 10.8. The minimum absolute atomic E-state index is 0.0880. The van der Waals surface area contributed by atoms with E-state index in [1.807, 2.05) is 20.8 Å². The molecule has 2 rings (SSSR count). The number of hydrogen-bond acceptors (Lipinski definition) is 3. The summed E-state index contributed by atoms with van der Waals surface area (Å²) in [5.41, 5.74) is 0.269. The number of benzene rings is 1. The summed E-state index contributed by atoms with van der Waals surface area (Å²) in [5, 5.41) is 0.623. The molecule has 124 valence electrons. The van der Waals surface area contributed by atoms with E-state index in [1.165, 1.54) is 18.2 Å². The highest BCUT2D eigenvalue weighted by molar-refractivity contribution is 6.35. The summed E-state index contributed by atoms with van der Waals surface area (Å²) in [4.78, 5) is 39.3. The molecule has 1 unspecified atom stereocenters. The van der Waals surface area contributed by atoms with Crippen LogP contribution < -0.4 is 4.90 Å². The third-order valence-corrected chi connectivity index (χ3v) is 4.33. The number of anilines is 1. The molecule has 1 atom stereocenters. The summed E-state index contributed by atoms with van der Waals surface area (Å²) in [6.45, 7) is 5.47. The summed E-state index contributed by atoms with van der Waals surface area (Å²) >= 11 is 11.8. The third-order valence-electron chi connectivity index (χ3n) is 3.90. The first-order valence-electron chi connectivity index (χ1n) is 7.40. The molecule has 4 amide bonds. The van der Waals surface area contributed by atoms with Gasteiger partial charge in [-0.1, -0.05) is 44.0 Å². The van der Waals surface area contributed by atoms with Gasteiger partial charge in [0, 0.05) is 16.0 Å². The summed E-state index contributed by atoms with van der Waals surface area (Å²) < 4.78 is 0. The van der Waals surface area contributed by atoms with Gasteiger partial charge >= 0.3 is 6.03 Å². The number of imide groups is 2. The van der Waals surface area contributed by atoms with Crippen LogP contribution >= 0.6 is 23.2 Å². The lowest BCUT2D eigenvalue weighted by atomic mass is 9.92. The second kappa shape index (κ2) is 6.89. The fourth-order valence-corrected chi connectivity index (χ4v) is 3.24. The molecule has 0 aliphatic carbocycles. The zero-order valence-electron chi connectivity index (χ0n) is 13.2. The van der Waals surface area contributed by atoms with Gasteiger partial charge in [-0.3, -0.25) is 14.5 Å². The normalized spacial score (nSPS) is 16.4. The Morgan fingerprint density at radius 3 is 2.22 bits per heavy atom. The van der Waals surface area contributed by atoms with Crippen LogP contribution in [-0.4, -0.2) is 29.3 Å². The molecule has 0 bridgehead atoms. The average Bonchev–Trinajstić information content (AvgIpc) is 2.73. The van der Waals surface area contributed by atoms with E-state index >= 15 is 0 Å². The molecule has 0 aromatic heterocycles. The Bertz CT molecular complexity index is 640. The molecule has 0 N–H and O–H groups in total. The number of halogens is 2. The van der Waals surface area contributed by atoms with Crippen molar-refractivity contribution in [3.05, 3.63) is 28.2 Å². The lowest BCUT2D eigenvalue weighted by molar-refractivity contribution is -0.135. The molecule has 1 aliphatic heterocycles. The highest BCUT2D eigenvalue weighted by atomic mass is 35.5. The second-order valence-corrected chi connectivity index (χ2v) is 6.70. The summed E-state index contributed by atoms with van der Waals surface area (Å²) in [6.07, 6.45) is 0.609. The third kappa shape index (κ3) is 3.51. The lowest BCUT2D eigenvalue weighted by Crippen LogP contribution is -2.41. The van der Waals surface area contributed by atoms with Crippen molar-refractivity contribution in [3.63, 3.8) is 0 Å². The Morgan fingerprint density at radius 2 is 1.74 bits per heavy atom. The zero-order chi connectivity index (χ0) is 17.3. The van der Waals surface area contributed by atoms with E-state index in [0.29, 0.717) is 16.5 Å². The standard InChI is InChI=1S/C16H18Cl2N2O3/c1-4-13(9(2)3)15(22)19-8-14(21)20(16(19)23)12-6-10(17)5-11(18)7-12/h5-7,9,13H,4,8H2,1-3H3. The van der Waals surface area contributed by atoms with Crippen molar-refractivity contribution in [2.75, 3.05) is 11.4 Å². The van der Waals surface area contributed by atoms with Crippen LogP contribution in [-0.2, 0) is 9.59 Å². The molecule has 1 saturated heterocycles. The van der Waals surface area contributed by atoms with E-state index in [0.717, 1.165) is 9.80 Å². The van der Waals surface area contributed by atoms with E-state index < -0.39 is 11.9 Å². The molecular formula is C16H18Cl2N2O3.